The Morgan fingerprint density at radius 2 is 2.12 bits per heavy atom. The molecule has 0 atom stereocenters. The van der Waals surface area contributed by atoms with Crippen molar-refractivity contribution in [2.45, 2.75) is 26.3 Å². The number of hydrogen-bond acceptors (Lipinski definition) is 4. The van der Waals surface area contributed by atoms with Crippen LogP contribution in [-0.4, -0.2) is 30.1 Å². The maximum Gasteiger partial charge on any atom is 0.151 e. The smallest absolute Gasteiger partial charge is 0.151 e. The van der Waals surface area contributed by atoms with Gasteiger partial charge in [-0.15, -0.1) is 11.3 Å². The van der Waals surface area contributed by atoms with E-state index in [1.807, 2.05) is 6.92 Å². The maximum atomic E-state index is 11.1. The summed E-state index contributed by atoms with van der Waals surface area (Å²) in [7, 11) is 0. The van der Waals surface area contributed by atoms with E-state index in [1.54, 1.807) is 11.3 Å². The molecule has 0 unspecified atom stereocenters. The van der Waals surface area contributed by atoms with Crippen LogP contribution in [0.4, 0.5) is 0 Å². The Bertz CT molecular complexity index is 401. The summed E-state index contributed by atoms with van der Waals surface area (Å²) in [6.45, 7) is 4.42. The van der Waals surface area contributed by atoms with Crippen LogP contribution in [0.2, 0.25) is 0 Å². The summed E-state index contributed by atoms with van der Waals surface area (Å²) in [6, 6.07) is 0. The minimum atomic E-state index is 0.355. The van der Waals surface area contributed by atoms with E-state index in [0.717, 1.165) is 41.9 Å². The molecule has 1 aromatic rings. The van der Waals surface area contributed by atoms with Gasteiger partial charge in [0.2, 0.25) is 0 Å². The highest BCUT2D eigenvalue weighted by Gasteiger charge is 2.18. The molecule has 0 radical (unpaired) electrons. The monoisotopic (exact) mass is 237 g/mol. The number of rotatable bonds is 3. The van der Waals surface area contributed by atoms with Crippen molar-refractivity contribution in [3.05, 3.63) is 21.4 Å². The van der Waals surface area contributed by atoms with Crippen molar-refractivity contribution in [3.63, 3.8) is 0 Å². The number of aldehydes is 1. The molecule has 1 fully saturated rings. The van der Waals surface area contributed by atoms with Crippen LogP contribution in [0.25, 0.3) is 0 Å². The third kappa shape index (κ3) is 2.39. The van der Waals surface area contributed by atoms with Crippen LogP contribution < -0.4 is 0 Å². The van der Waals surface area contributed by atoms with E-state index in [9.17, 15) is 9.59 Å². The lowest BCUT2D eigenvalue weighted by Crippen LogP contribution is -2.33. The summed E-state index contributed by atoms with van der Waals surface area (Å²) >= 11 is 1.62. The van der Waals surface area contributed by atoms with Crippen LogP contribution in [-0.2, 0) is 11.3 Å². The predicted octanol–water partition coefficient (Wildman–Crippen LogP) is 2.03. The summed E-state index contributed by atoms with van der Waals surface area (Å²) < 4.78 is 0. The zero-order valence-electron chi connectivity index (χ0n) is 9.36. The fraction of sp³-hybridized carbons (Fsp3) is 0.500. The summed E-state index contributed by atoms with van der Waals surface area (Å²) in [5.74, 6) is 0.355. The molecule has 2 heterocycles. The number of thiophene rings is 1. The first-order valence-electron chi connectivity index (χ1n) is 5.47. The van der Waals surface area contributed by atoms with Gasteiger partial charge in [-0.25, -0.2) is 0 Å². The number of carbonyl (C=O) groups excluding carboxylic acids is 2. The second-order valence-electron chi connectivity index (χ2n) is 4.16. The molecule has 2 rings (SSSR count). The van der Waals surface area contributed by atoms with Gasteiger partial charge in [-0.3, -0.25) is 14.5 Å². The Morgan fingerprint density at radius 1 is 1.44 bits per heavy atom. The van der Waals surface area contributed by atoms with Crippen molar-refractivity contribution in [2.24, 2.45) is 0 Å². The number of piperidine rings is 1. The van der Waals surface area contributed by atoms with Crippen LogP contribution in [0.3, 0.4) is 0 Å². The number of Topliss-reactive ketones (excluding diaryl/α,β-unsaturated/α-hetero) is 1. The lowest BCUT2D eigenvalue weighted by atomic mass is 10.1. The molecule has 4 heteroatoms. The van der Waals surface area contributed by atoms with E-state index in [0.29, 0.717) is 18.6 Å². The predicted molar refractivity (Wildman–Crippen MR) is 64.0 cm³/mol. The normalized spacial score (nSPS) is 17.7. The van der Waals surface area contributed by atoms with Crippen molar-refractivity contribution in [1.29, 1.82) is 0 Å². The number of ketones is 1. The van der Waals surface area contributed by atoms with Gasteiger partial charge in [0.05, 0.1) is 0 Å². The van der Waals surface area contributed by atoms with E-state index in [4.69, 9.17) is 0 Å². The van der Waals surface area contributed by atoms with Gasteiger partial charge in [-0.2, -0.15) is 0 Å². The number of hydrogen-bond donors (Lipinski definition) is 0. The standard InChI is InChI=1S/C12H15NO2S/c1-9-12(7-14)10(8-16-9)6-13-4-2-11(15)3-5-13/h7-8H,2-6H2,1H3. The summed E-state index contributed by atoms with van der Waals surface area (Å²) in [6.07, 6.45) is 2.25. The van der Waals surface area contributed by atoms with Crippen LogP contribution in [0.15, 0.2) is 5.38 Å². The van der Waals surface area contributed by atoms with E-state index in [2.05, 4.69) is 10.3 Å². The second kappa shape index (κ2) is 4.89. The number of nitrogens with zero attached hydrogens (tertiary/aromatic N) is 1. The lowest BCUT2D eigenvalue weighted by molar-refractivity contribution is -0.121. The number of aryl methyl sites for hydroxylation is 1. The van der Waals surface area contributed by atoms with Crippen LogP contribution >= 0.6 is 11.3 Å². The van der Waals surface area contributed by atoms with Crippen LogP contribution in [0.5, 0.6) is 0 Å². The maximum absolute atomic E-state index is 11.1. The van der Waals surface area contributed by atoms with Crippen molar-refractivity contribution >= 4 is 23.4 Å². The Hall–Kier alpha value is -1.00. The molecule has 1 aromatic heterocycles. The van der Waals surface area contributed by atoms with Gasteiger partial charge in [0.25, 0.3) is 0 Å². The largest absolute Gasteiger partial charge is 0.300 e. The van der Waals surface area contributed by atoms with Gasteiger partial charge < -0.3 is 0 Å². The minimum Gasteiger partial charge on any atom is -0.300 e. The molecule has 0 N–H and O–H groups in total. The van der Waals surface area contributed by atoms with Gasteiger partial charge >= 0.3 is 0 Å². The Labute approximate surface area is 99.1 Å². The number of carbonyl (C=O) groups is 2. The van der Waals surface area contributed by atoms with Gasteiger partial charge in [0, 0.05) is 42.9 Å². The van der Waals surface area contributed by atoms with Crippen molar-refractivity contribution in [3.8, 4) is 0 Å². The van der Waals surface area contributed by atoms with Gasteiger partial charge in [0.1, 0.15) is 5.78 Å². The second-order valence-corrected chi connectivity index (χ2v) is 5.25. The third-order valence-corrected chi connectivity index (χ3v) is 4.00. The van der Waals surface area contributed by atoms with Gasteiger partial charge in [-0.1, -0.05) is 0 Å². The Balaban J connectivity index is 2.03. The molecule has 0 aromatic carbocycles. The highest BCUT2D eigenvalue weighted by molar-refractivity contribution is 7.10. The average molecular weight is 237 g/mol. The zero-order valence-corrected chi connectivity index (χ0v) is 10.2. The first-order valence-corrected chi connectivity index (χ1v) is 6.35. The van der Waals surface area contributed by atoms with Gasteiger partial charge in [-0.05, 0) is 17.9 Å². The Kier molecular flexibility index (Phi) is 3.51. The molecule has 16 heavy (non-hydrogen) atoms. The van der Waals surface area contributed by atoms with E-state index in [-0.39, 0.29) is 0 Å². The SMILES string of the molecule is Cc1scc(CN2CCC(=O)CC2)c1C=O. The summed E-state index contributed by atoms with van der Waals surface area (Å²) in [5, 5.41) is 2.05. The quantitative estimate of drug-likeness (QED) is 0.755. The Morgan fingerprint density at radius 3 is 2.75 bits per heavy atom. The van der Waals surface area contributed by atoms with E-state index >= 15 is 0 Å². The van der Waals surface area contributed by atoms with E-state index < -0.39 is 0 Å². The molecule has 86 valence electrons. The molecule has 1 aliphatic heterocycles. The fourth-order valence-electron chi connectivity index (χ4n) is 2.00. The third-order valence-electron chi connectivity index (χ3n) is 3.03. The highest BCUT2D eigenvalue weighted by atomic mass is 32.1. The topological polar surface area (TPSA) is 37.4 Å². The van der Waals surface area contributed by atoms with Crippen LogP contribution in [0.1, 0.15) is 33.6 Å². The first kappa shape index (κ1) is 11.5. The molecule has 0 spiro atoms. The fourth-order valence-corrected chi connectivity index (χ4v) is 2.82. The van der Waals surface area contributed by atoms with Crippen molar-refractivity contribution in [1.82, 2.24) is 4.90 Å². The van der Waals surface area contributed by atoms with E-state index in [1.165, 1.54) is 0 Å². The molecule has 1 saturated heterocycles. The summed E-state index contributed by atoms with van der Waals surface area (Å²) in [5.41, 5.74) is 1.94. The van der Waals surface area contributed by atoms with Gasteiger partial charge in [0.15, 0.2) is 6.29 Å². The number of likely N-dealkylation sites (tertiary alicyclic amines) is 1. The molecule has 1 aliphatic rings. The zero-order chi connectivity index (χ0) is 11.5. The minimum absolute atomic E-state index is 0.355. The van der Waals surface area contributed by atoms with Crippen molar-refractivity contribution < 1.29 is 9.59 Å². The molecular formula is C12H15NO2S. The summed E-state index contributed by atoms with van der Waals surface area (Å²) in [4.78, 5) is 25.4. The average Bonchev–Trinajstić information content (AvgIpc) is 2.63. The molecule has 0 bridgehead atoms. The lowest BCUT2D eigenvalue weighted by Gasteiger charge is -2.25. The molecule has 0 saturated carbocycles. The molecule has 3 nitrogen and oxygen atoms in total. The molecular weight excluding hydrogens is 222 g/mol. The first-order chi connectivity index (χ1) is 7.70. The van der Waals surface area contributed by atoms with Crippen molar-refractivity contribution in [2.75, 3.05) is 13.1 Å². The highest BCUT2D eigenvalue weighted by Crippen LogP contribution is 2.22. The molecule has 0 amide bonds. The molecule has 0 aliphatic carbocycles. The van der Waals surface area contributed by atoms with Crippen LogP contribution in [0, 0.1) is 6.92 Å².